The minimum atomic E-state index is -0.315. The van der Waals surface area contributed by atoms with Gasteiger partial charge in [-0.25, -0.2) is 0 Å². The van der Waals surface area contributed by atoms with Crippen LogP contribution in [0.1, 0.15) is 17.2 Å². The van der Waals surface area contributed by atoms with Crippen LogP contribution >= 0.6 is 11.3 Å². The lowest BCUT2D eigenvalue weighted by molar-refractivity contribution is -0.124. The minimum absolute atomic E-state index is 0.266. The fraction of sp³-hybridized carbons (Fsp3) is 0.353. The van der Waals surface area contributed by atoms with Gasteiger partial charge < -0.3 is 5.73 Å². The smallest absolute Gasteiger partial charge is 0.239 e. The van der Waals surface area contributed by atoms with E-state index < -0.39 is 0 Å². The predicted molar refractivity (Wildman–Crippen MR) is 89.5 cm³/mol. The largest absolute Gasteiger partial charge is 0.368 e. The highest BCUT2D eigenvalue weighted by Crippen LogP contribution is 2.22. The van der Waals surface area contributed by atoms with Crippen molar-refractivity contribution in [3.63, 3.8) is 0 Å². The average molecular weight is 315 g/mol. The van der Waals surface area contributed by atoms with Gasteiger partial charge in [-0.3, -0.25) is 14.6 Å². The standard InChI is InChI=1S/C17H21N3OS/c18-17(21)16(15-4-2-1-3-5-15)20-9-7-19(8-10-20)12-14-6-11-22-13-14/h1-6,11,13,16H,7-10,12H2,(H2,18,21). The summed E-state index contributed by atoms with van der Waals surface area (Å²) in [6.07, 6.45) is 0. The van der Waals surface area contributed by atoms with E-state index in [9.17, 15) is 4.79 Å². The molecule has 0 bridgehead atoms. The summed E-state index contributed by atoms with van der Waals surface area (Å²) in [5.41, 5.74) is 8.01. The zero-order valence-electron chi connectivity index (χ0n) is 12.5. The molecule has 0 aliphatic carbocycles. The number of hydrogen-bond donors (Lipinski definition) is 1. The van der Waals surface area contributed by atoms with E-state index in [2.05, 4.69) is 26.6 Å². The van der Waals surface area contributed by atoms with E-state index in [1.54, 1.807) is 11.3 Å². The van der Waals surface area contributed by atoms with E-state index in [-0.39, 0.29) is 11.9 Å². The van der Waals surface area contributed by atoms with Crippen LogP contribution in [0.4, 0.5) is 0 Å². The molecule has 1 unspecified atom stereocenters. The highest BCUT2D eigenvalue weighted by molar-refractivity contribution is 7.07. The number of hydrogen-bond acceptors (Lipinski definition) is 4. The van der Waals surface area contributed by atoms with Gasteiger partial charge in [-0.05, 0) is 28.0 Å². The molecule has 116 valence electrons. The third-order valence-corrected chi connectivity index (χ3v) is 4.88. The molecule has 0 spiro atoms. The molecule has 22 heavy (non-hydrogen) atoms. The lowest BCUT2D eigenvalue weighted by Gasteiger charge is -2.38. The molecule has 1 aliphatic rings. The Morgan fingerprint density at radius 3 is 2.45 bits per heavy atom. The highest BCUT2D eigenvalue weighted by Gasteiger charge is 2.28. The third-order valence-electron chi connectivity index (χ3n) is 4.14. The normalized spacial score (nSPS) is 18.2. The van der Waals surface area contributed by atoms with Gasteiger partial charge in [0.25, 0.3) is 0 Å². The van der Waals surface area contributed by atoms with Gasteiger partial charge in [0.05, 0.1) is 0 Å². The first-order valence-corrected chi connectivity index (χ1v) is 8.50. The second-order valence-corrected chi connectivity index (χ2v) is 6.44. The minimum Gasteiger partial charge on any atom is -0.368 e. The van der Waals surface area contributed by atoms with Crippen molar-refractivity contribution in [1.29, 1.82) is 0 Å². The van der Waals surface area contributed by atoms with Crippen LogP contribution in [0.5, 0.6) is 0 Å². The van der Waals surface area contributed by atoms with E-state index in [0.29, 0.717) is 0 Å². The van der Waals surface area contributed by atoms with E-state index in [4.69, 9.17) is 5.73 Å². The van der Waals surface area contributed by atoms with Crippen LogP contribution in [-0.2, 0) is 11.3 Å². The number of carbonyl (C=O) groups is 1. The van der Waals surface area contributed by atoms with Crippen LogP contribution in [0.2, 0.25) is 0 Å². The molecule has 2 heterocycles. The molecular formula is C17H21N3OS. The maximum Gasteiger partial charge on any atom is 0.239 e. The summed E-state index contributed by atoms with van der Waals surface area (Å²) in [4.78, 5) is 16.5. The van der Waals surface area contributed by atoms with Crippen LogP contribution in [0.25, 0.3) is 0 Å². The summed E-state index contributed by atoms with van der Waals surface area (Å²) in [5.74, 6) is -0.266. The van der Waals surface area contributed by atoms with Gasteiger partial charge in [0.15, 0.2) is 0 Å². The Labute approximate surface area is 135 Å². The van der Waals surface area contributed by atoms with E-state index in [1.807, 2.05) is 30.3 Å². The summed E-state index contributed by atoms with van der Waals surface area (Å²) >= 11 is 1.74. The molecule has 2 N–H and O–H groups in total. The number of amides is 1. The summed E-state index contributed by atoms with van der Waals surface area (Å²) < 4.78 is 0. The van der Waals surface area contributed by atoms with Crippen molar-refractivity contribution >= 4 is 17.2 Å². The van der Waals surface area contributed by atoms with Gasteiger partial charge in [-0.1, -0.05) is 30.3 Å². The molecular weight excluding hydrogens is 294 g/mol. The fourth-order valence-corrected chi connectivity index (χ4v) is 3.67. The number of rotatable bonds is 5. The van der Waals surface area contributed by atoms with Crippen molar-refractivity contribution in [3.05, 3.63) is 58.3 Å². The Balaban J connectivity index is 1.62. The Morgan fingerprint density at radius 1 is 1.14 bits per heavy atom. The van der Waals surface area contributed by atoms with E-state index >= 15 is 0 Å². The molecule has 1 aliphatic heterocycles. The summed E-state index contributed by atoms with van der Waals surface area (Å²) in [7, 11) is 0. The SMILES string of the molecule is NC(=O)C(c1ccccc1)N1CCN(Cc2ccsc2)CC1. The van der Waals surface area contributed by atoms with Crippen molar-refractivity contribution in [2.45, 2.75) is 12.6 Å². The molecule has 0 radical (unpaired) electrons. The zero-order chi connectivity index (χ0) is 15.4. The lowest BCUT2D eigenvalue weighted by atomic mass is 10.0. The number of carbonyl (C=O) groups excluding carboxylic acids is 1. The molecule has 1 aromatic carbocycles. The van der Waals surface area contributed by atoms with Gasteiger partial charge in [-0.2, -0.15) is 11.3 Å². The molecule has 1 fully saturated rings. The molecule has 5 heteroatoms. The summed E-state index contributed by atoms with van der Waals surface area (Å²) in [6, 6.07) is 11.7. The van der Waals surface area contributed by atoms with E-state index in [1.165, 1.54) is 5.56 Å². The second kappa shape index (κ2) is 7.05. The first-order valence-electron chi connectivity index (χ1n) is 7.56. The molecule has 1 aromatic heterocycles. The van der Waals surface area contributed by atoms with Crippen molar-refractivity contribution in [1.82, 2.24) is 9.80 Å². The van der Waals surface area contributed by atoms with Crippen LogP contribution in [0, 0.1) is 0 Å². The second-order valence-electron chi connectivity index (χ2n) is 5.66. The molecule has 4 nitrogen and oxygen atoms in total. The maximum absolute atomic E-state index is 11.9. The van der Waals surface area contributed by atoms with Crippen LogP contribution in [0.3, 0.4) is 0 Å². The maximum atomic E-state index is 11.9. The van der Waals surface area contributed by atoms with Crippen LogP contribution in [-0.4, -0.2) is 41.9 Å². The Morgan fingerprint density at radius 2 is 1.86 bits per heavy atom. The average Bonchev–Trinajstić information content (AvgIpc) is 3.03. The van der Waals surface area contributed by atoms with Crippen molar-refractivity contribution in [2.24, 2.45) is 5.73 Å². The molecule has 0 saturated carbocycles. The van der Waals surface area contributed by atoms with E-state index in [0.717, 1.165) is 38.3 Å². The van der Waals surface area contributed by atoms with Gasteiger partial charge in [0.2, 0.25) is 5.91 Å². The monoisotopic (exact) mass is 315 g/mol. The Kier molecular flexibility index (Phi) is 4.87. The van der Waals surface area contributed by atoms with Crippen molar-refractivity contribution in [3.8, 4) is 0 Å². The zero-order valence-corrected chi connectivity index (χ0v) is 13.3. The van der Waals surface area contributed by atoms with Crippen molar-refractivity contribution < 1.29 is 4.79 Å². The molecule has 2 aromatic rings. The molecule has 1 atom stereocenters. The highest BCUT2D eigenvalue weighted by atomic mass is 32.1. The quantitative estimate of drug-likeness (QED) is 0.919. The Bertz CT molecular complexity index is 592. The lowest BCUT2D eigenvalue weighted by Crippen LogP contribution is -2.49. The number of piperazine rings is 1. The van der Waals surface area contributed by atoms with Crippen molar-refractivity contribution in [2.75, 3.05) is 26.2 Å². The summed E-state index contributed by atoms with van der Waals surface area (Å²) in [6.45, 7) is 4.65. The van der Waals surface area contributed by atoms with Crippen LogP contribution < -0.4 is 5.73 Å². The van der Waals surface area contributed by atoms with Gasteiger partial charge in [0.1, 0.15) is 6.04 Å². The number of nitrogens with zero attached hydrogens (tertiary/aromatic N) is 2. The first-order chi connectivity index (χ1) is 10.7. The first kappa shape index (κ1) is 15.2. The van der Waals surface area contributed by atoms with Gasteiger partial charge >= 0.3 is 0 Å². The summed E-state index contributed by atoms with van der Waals surface area (Å²) in [5, 5.41) is 4.31. The van der Waals surface area contributed by atoms with Gasteiger partial charge in [-0.15, -0.1) is 0 Å². The molecule has 1 saturated heterocycles. The molecule has 3 rings (SSSR count). The fourth-order valence-electron chi connectivity index (χ4n) is 3.01. The number of thiophene rings is 1. The topological polar surface area (TPSA) is 49.6 Å². The number of nitrogens with two attached hydrogens (primary N) is 1. The Hall–Kier alpha value is -1.69. The third kappa shape index (κ3) is 3.55. The predicted octanol–water partition coefficient (Wildman–Crippen LogP) is 2.09. The number of primary amides is 1. The molecule has 1 amide bonds. The van der Waals surface area contributed by atoms with Gasteiger partial charge in [0, 0.05) is 32.7 Å². The number of benzene rings is 1. The van der Waals surface area contributed by atoms with Crippen LogP contribution in [0.15, 0.2) is 47.2 Å².